The van der Waals surface area contributed by atoms with E-state index in [2.05, 4.69) is 25.3 Å². The molecule has 2 saturated heterocycles. The monoisotopic (exact) mass is 555 g/mol. The van der Waals surface area contributed by atoms with Crippen LogP contribution in [0.15, 0.2) is 30.9 Å². The zero-order valence-electron chi connectivity index (χ0n) is 21.1. The third-order valence-electron chi connectivity index (χ3n) is 7.72. The third-order valence-corrected chi connectivity index (χ3v) is 7.72. The van der Waals surface area contributed by atoms with Crippen molar-refractivity contribution >= 4 is 23.2 Å². The number of rotatable bonds is 5. The molecule has 208 valence electrons. The molecule has 1 unspecified atom stereocenters. The quantitative estimate of drug-likeness (QED) is 0.314. The molecule has 2 aliphatic rings. The van der Waals surface area contributed by atoms with Gasteiger partial charge in [0.25, 0.3) is 5.91 Å². The van der Waals surface area contributed by atoms with E-state index >= 15 is 0 Å². The largest absolute Gasteiger partial charge is 0.420 e. The van der Waals surface area contributed by atoms with Crippen molar-refractivity contribution in [1.29, 1.82) is 0 Å². The number of fused-ring (bicyclic) bond motifs is 3. The first-order chi connectivity index (χ1) is 19.0. The van der Waals surface area contributed by atoms with E-state index in [1.165, 1.54) is 36.2 Å². The number of anilines is 1. The molecular weight excluding hydrogens is 531 g/mol. The summed E-state index contributed by atoms with van der Waals surface area (Å²) in [6.45, 7) is 1.40. The number of Topliss-reactive ketones (excluding diaryl/α,β-unsaturated/α-hetero) is 1. The Hall–Kier alpha value is -4.40. The highest BCUT2D eigenvalue weighted by Crippen LogP contribution is 2.45. The fraction of sp³-hybridized carbons (Fsp3) is 0.400. The summed E-state index contributed by atoms with van der Waals surface area (Å²) in [5.41, 5.74) is 7.83. The van der Waals surface area contributed by atoms with Crippen LogP contribution in [0.3, 0.4) is 0 Å². The van der Waals surface area contributed by atoms with Crippen molar-refractivity contribution in [1.82, 2.24) is 39.7 Å². The average molecular weight is 556 g/mol. The molecule has 15 heteroatoms. The Morgan fingerprint density at radius 2 is 1.90 bits per heavy atom. The number of nitrogen functional groups attached to an aromatic ring is 1. The number of nitrogens with two attached hydrogens (primary N) is 1. The Balaban J connectivity index is 1.37. The fourth-order valence-electron chi connectivity index (χ4n) is 5.95. The molecule has 2 bridgehead atoms. The number of piperidine rings is 1. The average Bonchev–Trinajstić information content (AvgIpc) is 3.65. The number of nitrogens with one attached hydrogen (secondary N) is 1. The van der Waals surface area contributed by atoms with Crippen molar-refractivity contribution in [2.75, 3.05) is 5.73 Å². The van der Waals surface area contributed by atoms with Crippen LogP contribution in [0.25, 0.3) is 16.8 Å². The number of aromatic amines is 1. The van der Waals surface area contributed by atoms with Crippen LogP contribution in [-0.2, 0) is 0 Å². The second-order valence-corrected chi connectivity index (χ2v) is 10.1. The molecule has 6 heterocycles. The number of aliphatic hydroxyl groups is 1. The number of aliphatic hydroxyl groups excluding tert-OH is 1. The summed E-state index contributed by atoms with van der Waals surface area (Å²) in [6.07, 6.45) is -0.822. The van der Waals surface area contributed by atoms with E-state index in [1.54, 1.807) is 0 Å². The Kier molecular flexibility index (Phi) is 6.05. The lowest BCUT2D eigenvalue weighted by Crippen LogP contribution is -2.46. The summed E-state index contributed by atoms with van der Waals surface area (Å²) in [6, 6.07) is 2.31. The number of carbonyl (C=O) groups is 2. The topological polar surface area (TPSA) is 168 Å². The molecule has 2 aliphatic heterocycles. The van der Waals surface area contributed by atoms with Crippen molar-refractivity contribution in [3.05, 3.63) is 53.6 Å². The number of pyridine rings is 1. The normalized spacial score (nSPS) is 21.6. The van der Waals surface area contributed by atoms with Crippen molar-refractivity contribution in [2.45, 2.75) is 62.9 Å². The van der Waals surface area contributed by atoms with Gasteiger partial charge in [0.15, 0.2) is 17.5 Å². The molecule has 0 spiro atoms. The number of ketones is 1. The van der Waals surface area contributed by atoms with E-state index in [-0.39, 0.29) is 46.9 Å². The van der Waals surface area contributed by atoms with Crippen LogP contribution < -0.4 is 5.73 Å². The van der Waals surface area contributed by atoms with Gasteiger partial charge >= 0.3 is 6.18 Å². The zero-order valence-corrected chi connectivity index (χ0v) is 21.1. The van der Waals surface area contributed by atoms with Crippen LogP contribution in [0.5, 0.6) is 0 Å². The van der Waals surface area contributed by atoms with Gasteiger partial charge in [0.1, 0.15) is 12.1 Å². The summed E-state index contributed by atoms with van der Waals surface area (Å²) in [4.78, 5) is 39.1. The van der Waals surface area contributed by atoms with Crippen molar-refractivity contribution < 1.29 is 27.9 Å². The lowest BCUT2D eigenvalue weighted by atomic mass is 9.85. The number of halogens is 3. The van der Waals surface area contributed by atoms with Gasteiger partial charge in [-0.25, -0.2) is 4.98 Å². The summed E-state index contributed by atoms with van der Waals surface area (Å²) in [5.74, 6) is -0.396. The van der Waals surface area contributed by atoms with Gasteiger partial charge in [-0.1, -0.05) is 6.07 Å². The predicted octanol–water partition coefficient (Wildman–Crippen LogP) is 2.84. The van der Waals surface area contributed by atoms with Crippen molar-refractivity contribution in [2.24, 2.45) is 0 Å². The van der Waals surface area contributed by atoms with E-state index in [9.17, 15) is 27.9 Å². The predicted molar refractivity (Wildman–Crippen MR) is 133 cm³/mol. The van der Waals surface area contributed by atoms with E-state index in [0.717, 1.165) is 18.9 Å². The standard InChI is InChI=1S/C25H24F3N9O3/c1-11(38)18-19(13-6-14-3-4-15(7-13)36(14)24(40)22-31-10-32-35-22)34-23-16(9-33-37(23)21(18)29)12-2-5-17(30-8-12)20(39)25(26,27)28/h2,5,8-10,13-15,20,39H,3-4,6-7,29H2,1H3,(H,31,32,35)/t13?,14-,15+,20-/m0/s1. The molecule has 0 aromatic carbocycles. The first-order valence-corrected chi connectivity index (χ1v) is 12.6. The number of amides is 1. The molecule has 0 aliphatic carbocycles. The number of aromatic nitrogens is 7. The summed E-state index contributed by atoms with van der Waals surface area (Å²) < 4.78 is 40.0. The molecule has 40 heavy (non-hydrogen) atoms. The maximum absolute atomic E-state index is 13.1. The highest BCUT2D eigenvalue weighted by molar-refractivity contribution is 6.00. The molecular formula is C25H24F3N9O3. The molecule has 0 saturated carbocycles. The van der Waals surface area contributed by atoms with Gasteiger partial charge < -0.3 is 20.7 Å². The van der Waals surface area contributed by atoms with Gasteiger partial charge in [-0.2, -0.15) is 22.8 Å². The van der Waals surface area contributed by atoms with Crippen molar-refractivity contribution in [3.63, 3.8) is 0 Å². The lowest BCUT2D eigenvalue weighted by molar-refractivity contribution is -0.207. The van der Waals surface area contributed by atoms with Gasteiger partial charge in [-0.15, -0.1) is 10.2 Å². The summed E-state index contributed by atoms with van der Waals surface area (Å²) in [5, 5.41) is 21.3. The molecule has 2 fully saturated rings. The lowest BCUT2D eigenvalue weighted by Gasteiger charge is -2.38. The minimum absolute atomic E-state index is 0.0819. The number of carbonyl (C=O) groups excluding carboxylic acids is 2. The number of hydrogen-bond acceptors (Lipinski definition) is 9. The Morgan fingerprint density at radius 3 is 2.48 bits per heavy atom. The fourth-order valence-corrected chi connectivity index (χ4v) is 5.95. The molecule has 6 rings (SSSR count). The highest BCUT2D eigenvalue weighted by Gasteiger charge is 2.46. The third kappa shape index (κ3) is 4.16. The van der Waals surface area contributed by atoms with Crippen LogP contribution in [0, 0.1) is 0 Å². The Labute approximate surface area is 224 Å². The van der Waals surface area contributed by atoms with Crippen LogP contribution in [-0.4, -0.2) is 74.7 Å². The van der Waals surface area contributed by atoms with Gasteiger partial charge in [0.05, 0.1) is 23.1 Å². The van der Waals surface area contributed by atoms with Gasteiger partial charge in [-0.3, -0.25) is 14.6 Å². The van der Waals surface area contributed by atoms with Gasteiger partial charge in [-0.05, 0) is 38.7 Å². The number of H-pyrrole nitrogens is 1. The zero-order chi connectivity index (χ0) is 28.3. The SMILES string of the molecule is CC(=O)c1c(C2C[C@H]3CC[C@@H](C2)N3C(=O)c2nnc[nH]2)nc2c(-c3ccc([C@H](O)C(F)(F)F)nc3)cnn2c1N. The number of hydrogen-bond donors (Lipinski definition) is 3. The maximum Gasteiger partial charge on any atom is 0.420 e. The highest BCUT2D eigenvalue weighted by atomic mass is 19.4. The van der Waals surface area contributed by atoms with E-state index in [1.807, 2.05) is 4.90 Å². The summed E-state index contributed by atoms with van der Waals surface area (Å²) in [7, 11) is 0. The van der Waals surface area contributed by atoms with E-state index < -0.39 is 18.0 Å². The molecule has 4 aromatic rings. The van der Waals surface area contributed by atoms with E-state index in [4.69, 9.17) is 10.7 Å². The molecule has 0 radical (unpaired) electrons. The van der Waals surface area contributed by atoms with Gasteiger partial charge in [0.2, 0.25) is 5.82 Å². The second kappa shape index (κ2) is 9.36. The van der Waals surface area contributed by atoms with Crippen molar-refractivity contribution in [3.8, 4) is 11.1 Å². The molecule has 4 N–H and O–H groups in total. The summed E-state index contributed by atoms with van der Waals surface area (Å²) >= 11 is 0. The Bertz CT molecular complexity index is 1590. The minimum atomic E-state index is -4.85. The molecule has 12 nitrogen and oxygen atoms in total. The van der Waals surface area contributed by atoms with E-state index in [0.29, 0.717) is 35.3 Å². The van der Waals surface area contributed by atoms with Crippen LogP contribution in [0.4, 0.5) is 19.0 Å². The van der Waals surface area contributed by atoms with Crippen LogP contribution >= 0.6 is 0 Å². The molecule has 1 amide bonds. The van der Waals surface area contributed by atoms with Crippen LogP contribution in [0.2, 0.25) is 0 Å². The number of alkyl halides is 3. The number of nitrogens with zero attached hydrogens (tertiary/aromatic N) is 7. The molecule has 4 atom stereocenters. The first kappa shape index (κ1) is 25.9. The smallest absolute Gasteiger partial charge is 0.383 e. The minimum Gasteiger partial charge on any atom is -0.383 e. The Morgan fingerprint density at radius 1 is 1.18 bits per heavy atom. The van der Waals surface area contributed by atoms with Crippen LogP contribution in [0.1, 0.15) is 77.0 Å². The first-order valence-electron chi connectivity index (χ1n) is 12.6. The maximum atomic E-state index is 13.1. The second-order valence-electron chi connectivity index (χ2n) is 10.1. The van der Waals surface area contributed by atoms with Gasteiger partial charge in [0, 0.05) is 35.3 Å². The molecule has 4 aromatic heterocycles.